The van der Waals surface area contributed by atoms with E-state index in [9.17, 15) is 27.2 Å². The van der Waals surface area contributed by atoms with Gasteiger partial charge < -0.3 is 15.8 Å². The molecule has 5 rings (SSSR count). The first kappa shape index (κ1) is 31.4. The van der Waals surface area contributed by atoms with Crippen LogP contribution in [-0.2, 0) is 11.8 Å². The number of nitrogens with one attached hydrogen (secondary N) is 1. The fourth-order valence-corrected chi connectivity index (χ4v) is 4.71. The van der Waals surface area contributed by atoms with Gasteiger partial charge in [-0.1, -0.05) is 29.8 Å². The van der Waals surface area contributed by atoms with Gasteiger partial charge in [0, 0.05) is 37.8 Å². The minimum Gasteiger partial charge on any atom is -0.447 e. The molecule has 1 aliphatic rings. The topological polar surface area (TPSA) is 146 Å². The van der Waals surface area contributed by atoms with Crippen molar-refractivity contribution in [1.82, 2.24) is 34.8 Å². The summed E-state index contributed by atoms with van der Waals surface area (Å²) >= 11 is 6.35. The van der Waals surface area contributed by atoms with E-state index in [2.05, 4.69) is 25.5 Å². The van der Waals surface area contributed by atoms with Gasteiger partial charge in [0.05, 0.1) is 22.4 Å². The van der Waals surface area contributed by atoms with Crippen molar-refractivity contribution in [2.75, 3.05) is 13.7 Å². The third-order valence-electron chi connectivity index (χ3n) is 6.99. The fourth-order valence-electron chi connectivity index (χ4n) is 4.52. The Balaban J connectivity index is 1.52. The van der Waals surface area contributed by atoms with Crippen molar-refractivity contribution in [3.8, 4) is 16.9 Å². The molecule has 0 spiro atoms. The molecule has 2 aromatic heterocycles. The first-order valence-electron chi connectivity index (χ1n) is 13.3. The molecule has 12 nitrogen and oxygen atoms in total. The van der Waals surface area contributed by atoms with Crippen LogP contribution in [-0.4, -0.2) is 73.0 Å². The number of nitrogens with two attached hydrogens (primary N) is 1. The van der Waals surface area contributed by atoms with Gasteiger partial charge in [-0.05, 0) is 35.9 Å². The Bertz CT molecular complexity index is 1740. The summed E-state index contributed by atoms with van der Waals surface area (Å²) in [5.41, 5.74) is 7.97. The number of amides is 2. The number of carbonyl (C=O) groups is 2. The number of aromatic nitrogens is 5. The zero-order valence-corrected chi connectivity index (χ0v) is 24.5. The van der Waals surface area contributed by atoms with Gasteiger partial charge in [0.1, 0.15) is 19.0 Å². The second-order valence-corrected chi connectivity index (χ2v) is 10.4. The van der Waals surface area contributed by atoms with Crippen molar-refractivity contribution in [3.05, 3.63) is 83.0 Å². The van der Waals surface area contributed by atoms with Crippen molar-refractivity contribution in [2.24, 2.45) is 17.8 Å². The van der Waals surface area contributed by atoms with Crippen LogP contribution in [0.5, 0.6) is 0 Å². The van der Waals surface area contributed by atoms with Gasteiger partial charge in [-0.3, -0.25) is 19.4 Å². The molecular weight excluding hydrogens is 622 g/mol. The smallest absolute Gasteiger partial charge is 0.407 e. The molecule has 0 radical (unpaired) electrons. The van der Waals surface area contributed by atoms with Crippen molar-refractivity contribution < 1.29 is 31.9 Å². The van der Waals surface area contributed by atoms with Crippen LogP contribution in [0.2, 0.25) is 5.02 Å². The minimum atomic E-state index is -3.05. The number of halogens is 5. The summed E-state index contributed by atoms with van der Waals surface area (Å²) in [5.74, 6) is -4.70. The number of alkyl carbamates (subject to hydrolysis) is 1. The number of alkyl halides is 4. The van der Waals surface area contributed by atoms with E-state index in [1.165, 1.54) is 25.2 Å². The van der Waals surface area contributed by atoms with Crippen LogP contribution < -0.4 is 11.1 Å². The number of nitrogens with zero attached hydrogens (tertiary/aromatic N) is 7. The van der Waals surface area contributed by atoms with Crippen LogP contribution >= 0.6 is 11.6 Å². The van der Waals surface area contributed by atoms with E-state index in [-0.39, 0.29) is 27.8 Å². The Labute approximate surface area is 258 Å². The average Bonchev–Trinajstić information content (AvgIpc) is 3.37. The molecule has 1 aliphatic carbocycles. The van der Waals surface area contributed by atoms with Crippen molar-refractivity contribution in [2.45, 2.75) is 30.9 Å². The fraction of sp³-hybridized carbons (Fsp3) is 0.286. The van der Waals surface area contributed by atoms with Gasteiger partial charge in [0.25, 0.3) is 18.3 Å². The molecule has 2 aromatic carbocycles. The third-order valence-corrected chi connectivity index (χ3v) is 7.31. The SMILES string of the molecule is CN=C(N)N(C(=O)c1ccc(-c2ccn(C)n2)cc1)[C@H](COC(=O)N[C@H]1CC1(F)F)c1ccc(Cl)c(-n2ncnc2C(F)F)c1. The summed E-state index contributed by atoms with van der Waals surface area (Å²) in [6.45, 7) is -0.599. The van der Waals surface area contributed by atoms with Gasteiger partial charge in [-0.25, -0.2) is 32.0 Å². The summed E-state index contributed by atoms with van der Waals surface area (Å²) in [6.07, 6.45) is -2.00. The zero-order chi connectivity index (χ0) is 32.5. The predicted molar refractivity (Wildman–Crippen MR) is 154 cm³/mol. The lowest BCUT2D eigenvalue weighted by Crippen LogP contribution is -2.46. The molecular formula is C28H26ClF4N9O3. The number of rotatable bonds is 9. The predicted octanol–water partition coefficient (Wildman–Crippen LogP) is 4.52. The minimum absolute atomic E-state index is 0.0136. The average molecular weight is 648 g/mol. The van der Waals surface area contributed by atoms with Crippen LogP contribution in [0.15, 0.2) is 66.0 Å². The van der Waals surface area contributed by atoms with Gasteiger partial charge in [0.2, 0.25) is 0 Å². The lowest BCUT2D eigenvalue weighted by Gasteiger charge is -2.31. The van der Waals surface area contributed by atoms with Gasteiger partial charge >= 0.3 is 6.09 Å². The van der Waals surface area contributed by atoms with Crippen LogP contribution in [0.25, 0.3) is 16.9 Å². The molecule has 4 aromatic rings. The van der Waals surface area contributed by atoms with E-state index >= 15 is 0 Å². The summed E-state index contributed by atoms with van der Waals surface area (Å²) in [6, 6.07) is 9.78. The molecule has 0 bridgehead atoms. The van der Waals surface area contributed by atoms with Gasteiger partial charge in [0.15, 0.2) is 11.8 Å². The maximum atomic E-state index is 14.0. The summed E-state index contributed by atoms with van der Waals surface area (Å²) < 4.78 is 61.8. The molecule has 2 amide bonds. The molecule has 17 heteroatoms. The monoisotopic (exact) mass is 647 g/mol. The molecule has 3 N–H and O–H groups in total. The molecule has 45 heavy (non-hydrogen) atoms. The molecule has 0 aliphatic heterocycles. The number of benzene rings is 2. The number of aliphatic imine (C=N–C) groups is 1. The van der Waals surface area contributed by atoms with Crippen molar-refractivity contribution >= 4 is 29.6 Å². The van der Waals surface area contributed by atoms with E-state index in [1.54, 1.807) is 48.3 Å². The highest BCUT2D eigenvalue weighted by Crippen LogP contribution is 2.41. The molecule has 0 saturated heterocycles. The summed E-state index contributed by atoms with van der Waals surface area (Å²) in [4.78, 5) is 35.0. The van der Waals surface area contributed by atoms with E-state index in [0.717, 1.165) is 21.5 Å². The highest BCUT2D eigenvalue weighted by Gasteiger charge is 2.58. The lowest BCUT2D eigenvalue weighted by molar-refractivity contribution is 0.0687. The second kappa shape index (κ2) is 12.6. The molecule has 2 atom stereocenters. The number of carbonyl (C=O) groups excluding carboxylic acids is 2. The van der Waals surface area contributed by atoms with E-state index in [1.807, 2.05) is 0 Å². The van der Waals surface area contributed by atoms with E-state index < -0.39 is 55.3 Å². The number of guanidine groups is 1. The zero-order valence-electron chi connectivity index (χ0n) is 23.7. The van der Waals surface area contributed by atoms with Crippen LogP contribution in [0.4, 0.5) is 22.4 Å². The van der Waals surface area contributed by atoms with Crippen LogP contribution in [0.1, 0.15) is 40.6 Å². The van der Waals surface area contributed by atoms with E-state index in [4.69, 9.17) is 22.1 Å². The van der Waals surface area contributed by atoms with Crippen molar-refractivity contribution in [1.29, 1.82) is 0 Å². The van der Waals surface area contributed by atoms with Crippen molar-refractivity contribution in [3.63, 3.8) is 0 Å². The Hall–Kier alpha value is -4.99. The normalized spacial score (nSPS) is 16.4. The molecule has 236 valence electrons. The maximum Gasteiger partial charge on any atom is 0.407 e. The highest BCUT2D eigenvalue weighted by atomic mass is 35.5. The Kier molecular flexibility index (Phi) is 8.77. The quantitative estimate of drug-likeness (QED) is 0.154. The first-order chi connectivity index (χ1) is 21.4. The van der Waals surface area contributed by atoms with Crippen LogP contribution in [0.3, 0.4) is 0 Å². The van der Waals surface area contributed by atoms with E-state index in [0.29, 0.717) is 5.69 Å². The second-order valence-electron chi connectivity index (χ2n) is 10.0. The lowest BCUT2D eigenvalue weighted by atomic mass is 10.0. The molecule has 0 unspecified atom stereocenters. The third kappa shape index (κ3) is 6.74. The summed E-state index contributed by atoms with van der Waals surface area (Å²) in [7, 11) is 3.10. The number of hydrogen-bond acceptors (Lipinski definition) is 7. The van der Waals surface area contributed by atoms with Gasteiger partial charge in [-0.15, -0.1) is 0 Å². The number of ether oxygens (including phenoxy) is 1. The maximum absolute atomic E-state index is 14.0. The first-order valence-corrected chi connectivity index (χ1v) is 13.7. The highest BCUT2D eigenvalue weighted by molar-refractivity contribution is 6.32. The summed E-state index contributed by atoms with van der Waals surface area (Å²) in [5, 5.41) is 10.3. The molecule has 2 heterocycles. The number of aryl methyl sites for hydroxylation is 1. The van der Waals surface area contributed by atoms with Gasteiger partial charge in [-0.2, -0.15) is 10.2 Å². The molecule has 1 saturated carbocycles. The largest absolute Gasteiger partial charge is 0.447 e. The Morgan fingerprint density at radius 3 is 2.53 bits per heavy atom. The Morgan fingerprint density at radius 1 is 1.22 bits per heavy atom. The molecule has 1 fully saturated rings. The Morgan fingerprint density at radius 2 is 1.93 bits per heavy atom. The van der Waals surface area contributed by atoms with Crippen LogP contribution in [0, 0.1) is 0 Å². The number of hydrogen-bond donors (Lipinski definition) is 2. The standard InChI is InChI=1S/C28H26ClF4N9O3/c1-35-26(34)41(25(43)16-5-3-15(4-6-16)19-9-10-40(2)39-19)21(13-45-27(44)38-22-12-28(22,32)33)17-7-8-18(29)20(11-17)42-24(23(30)31)36-14-37-42/h3-11,14,21-23H,12-13H2,1-2H3,(H2,34,35)(H,38,44)/t21-,22+/m1/s1.